The van der Waals surface area contributed by atoms with Crippen molar-refractivity contribution < 1.29 is 14.4 Å². The maximum absolute atomic E-state index is 12.1. The van der Waals surface area contributed by atoms with Crippen LogP contribution in [0.4, 0.5) is 0 Å². The Bertz CT molecular complexity index is 420. The van der Waals surface area contributed by atoms with Crippen molar-refractivity contribution in [3.05, 3.63) is 35.9 Å². The molecule has 1 aromatic rings. The van der Waals surface area contributed by atoms with Crippen LogP contribution in [0.1, 0.15) is 31.7 Å². The summed E-state index contributed by atoms with van der Waals surface area (Å²) in [5, 5.41) is 0. The van der Waals surface area contributed by atoms with Crippen molar-refractivity contribution in [2.24, 2.45) is 11.7 Å². The highest BCUT2D eigenvalue weighted by Gasteiger charge is 2.25. The van der Waals surface area contributed by atoms with Gasteiger partial charge in [-0.1, -0.05) is 50.6 Å². The summed E-state index contributed by atoms with van der Waals surface area (Å²) >= 11 is 0. The molecule has 0 spiro atoms. The molecule has 5 heteroatoms. The number of amides is 2. The molecule has 0 aliphatic heterocycles. The second-order valence-corrected chi connectivity index (χ2v) is 4.50. The normalized spacial score (nSPS) is 13.6. The minimum atomic E-state index is -0.625. The summed E-state index contributed by atoms with van der Waals surface area (Å²) in [5.41, 5.74) is 8.15. The monoisotopic (exact) mass is 264 g/mol. The zero-order valence-corrected chi connectivity index (χ0v) is 11.3. The molecule has 19 heavy (non-hydrogen) atoms. The Morgan fingerprint density at radius 3 is 2.47 bits per heavy atom. The molecule has 5 nitrogen and oxygen atoms in total. The van der Waals surface area contributed by atoms with Gasteiger partial charge in [0.1, 0.15) is 0 Å². The van der Waals surface area contributed by atoms with E-state index in [2.05, 4.69) is 5.48 Å². The molecule has 1 rings (SSSR count). The fraction of sp³-hybridized carbons (Fsp3) is 0.429. The van der Waals surface area contributed by atoms with Gasteiger partial charge in [0.25, 0.3) is 5.91 Å². The first-order valence-electron chi connectivity index (χ1n) is 6.31. The van der Waals surface area contributed by atoms with Crippen LogP contribution in [0.5, 0.6) is 0 Å². The number of nitrogens with one attached hydrogen (secondary N) is 1. The zero-order valence-electron chi connectivity index (χ0n) is 11.3. The van der Waals surface area contributed by atoms with Gasteiger partial charge in [-0.2, -0.15) is 0 Å². The van der Waals surface area contributed by atoms with Crippen LogP contribution in [-0.4, -0.2) is 18.4 Å². The van der Waals surface area contributed by atoms with Crippen molar-refractivity contribution >= 4 is 11.8 Å². The number of hydroxylamine groups is 1. The molecule has 0 fully saturated rings. The van der Waals surface area contributed by atoms with Gasteiger partial charge in [-0.15, -0.1) is 0 Å². The Hall–Kier alpha value is -1.88. The minimum absolute atomic E-state index is 0.166. The van der Waals surface area contributed by atoms with E-state index in [1.54, 1.807) is 0 Å². The maximum atomic E-state index is 12.1. The Morgan fingerprint density at radius 2 is 1.95 bits per heavy atom. The molecule has 3 N–H and O–H groups in total. The third-order valence-electron chi connectivity index (χ3n) is 3.04. The Labute approximate surface area is 113 Å². The third kappa shape index (κ3) is 4.71. The van der Waals surface area contributed by atoms with Crippen LogP contribution in [0.15, 0.2) is 30.3 Å². The number of nitrogens with two attached hydrogens (primary N) is 1. The molecular weight excluding hydrogens is 244 g/mol. The summed E-state index contributed by atoms with van der Waals surface area (Å²) in [6, 6.07) is 9.50. The number of rotatable bonds is 7. The van der Waals surface area contributed by atoms with E-state index in [0.717, 1.165) is 12.0 Å². The lowest BCUT2D eigenvalue weighted by molar-refractivity contribution is -0.140. The Balaban J connectivity index is 2.75. The second kappa shape index (κ2) is 7.53. The van der Waals surface area contributed by atoms with Gasteiger partial charge >= 0.3 is 0 Å². The van der Waals surface area contributed by atoms with E-state index in [9.17, 15) is 9.59 Å². The summed E-state index contributed by atoms with van der Waals surface area (Å²) in [6.45, 7) is 3.71. The number of hydrogen-bond acceptors (Lipinski definition) is 3. The fourth-order valence-electron chi connectivity index (χ4n) is 1.88. The lowest BCUT2D eigenvalue weighted by atomic mass is 9.85. The van der Waals surface area contributed by atoms with Crippen LogP contribution in [0, 0.1) is 5.92 Å². The van der Waals surface area contributed by atoms with E-state index in [4.69, 9.17) is 10.6 Å². The van der Waals surface area contributed by atoms with E-state index >= 15 is 0 Å². The number of carbonyl (C=O) groups excluding carboxylic acids is 2. The first-order chi connectivity index (χ1) is 9.06. The van der Waals surface area contributed by atoms with E-state index in [1.807, 2.05) is 44.2 Å². The van der Waals surface area contributed by atoms with Gasteiger partial charge in [-0.3, -0.25) is 14.4 Å². The van der Waals surface area contributed by atoms with Gasteiger partial charge in [-0.05, 0) is 11.5 Å². The highest BCUT2D eigenvalue weighted by atomic mass is 16.7. The molecule has 0 bridgehead atoms. The zero-order chi connectivity index (χ0) is 14.3. The molecule has 2 atom stereocenters. The Kier molecular flexibility index (Phi) is 6.02. The number of hydrogen-bond donors (Lipinski definition) is 2. The van der Waals surface area contributed by atoms with Gasteiger partial charge in [0.15, 0.2) is 6.61 Å². The van der Waals surface area contributed by atoms with Crippen LogP contribution in [0.25, 0.3) is 0 Å². The van der Waals surface area contributed by atoms with Crippen LogP contribution in [-0.2, 0) is 14.4 Å². The largest absolute Gasteiger partial charge is 0.368 e. The van der Waals surface area contributed by atoms with Crippen molar-refractivity contribution in [1.29, 1.82) is 0 Å². The molecule has 2 amide bonds. The van der Waals surface area contributed by atoms with Crippen LogP contribution < -0.4 is 11.2 Å². The first kappa shape index (κ1) is 15.2. The maximum Gasteiger partial charge on any atom is 0.251 e. The van der Waals surface area contributed by atoms with Gasteiger partial charge in [-0.25, -0.2) is 5.48 Å². The smallest absolute Gasteiger partial charge is 0.251 e. The summed E-state index contributed by atoms with van der Waals surface area (Å²) in [5.74, 6) is -1.03. The molecule has 104 valence electrons. The van der Waals surface area contributed by atoms with Crippen LogP contribution in [0.2, 0.25) is 0 Å². The summed E-state index contributed by atoms with van der Waals surface area (Å²) < 4.78 is 0. The topological polar surface area (TPSA) is 81.4 Å². The molecule has 0 aliphatic rings. The van der Waals surface area contributed by atoms with Crippen molar-refractivity contribution in [2.45, 2.75) is 26.2 Å². The molecule has 2 unspecified atom stereocenters. The van der Waals surface area contributed by atoms with Crippen molar-refractivity contribution in [3.63, 3.8) is 0 Å². The van der Waals surface area contributed by atoms with Gasteiger partial charge < -0.3 is 5.73 Å². The van der Waals surface area contributed by atoms with E-state index < -0.39 is 5.91 Å². The SMILES string of the molecule is CCC(C)C(C(=O)NOCC(N)=O)c1ccccc1. The first-order valence-corrected chi connectivity index (χ1v) is 6.31. The van der Waals surface area contributed by atoms with E-state index in [1.165, 1.54) is 0 Å². The molecule has 0 aromatic heterocycles. The third-order valence-corrected chi connectivity index (χ3v) is 3.04. The lowest BCUT2D eigenvalue weighted by Crippen LogP contribution is -2.35. The molecule has 0 heterocycles. The average molecular weight is 264 g/mol. The number of primary amides is 1. The van der Waals surface area contributed by atoms with Crippen LogP contribution in [0.3, 0.4) is 0 Å². The molecule has 0 saturated carbocycles. The van der Waals surface area contributed by atoms with Gasteiger partial charge in [0, 0.05) is 0 Å². The number of carbonyl (C=O) groups is 2. The highest BCUT2D eigenvalue weighted by molar-refractivity contribution is 5.83. The highest BCUT2D eigenvalue weighted by Crippen LogP contribution is 2.26. The lowest BCUT2D eigenvalue weighted by Gasteiger charge is -2.22. The quantitative estimate of drug-likeness (QED) is 0.729. The molecular formula is C14H20N2O3. The van der Waals surface area contributed by atoms with E-state index in [-0.39, 0.29) is 24.3 Å². The fourth-order valence-corrected chi connectivity index (χ4v) is 1.88. The van der Waals surface area contributed by atoms with Crippen molar-refractivity contribution in [1.82, 2.24) is 5.48 Å². The van der Waals surface area contributed by atoms with Crippen LogP contribution >= 0.6 is 0 Å². The number of benzene rings is 1. The summed E-state index contributed by atoms with van der Waals surface area (Å²) in [4.78, 5) is 27.5. The van der Waals surface area contributed by atoms with Crippen molar-refractivity contribution in [3.8, 4) is 0 Å². The standard InChI is InChI=1S/C14H20N2O3/c1-3-10(2)13(11-7-5-4-6-8-11)14(18)16-19-9-12(15)17/h4-8,10,13H,3,9H2,1-2H3,(H2,15,17)(H,16,18). The predicted octanol–water partition coefficient (Wildman–Crippen LogP) is 1.35. The minimum Gasteiger partial charge on any atom is -0.368 e. The van der Waals surface area contributed by atoms with E-state index in [0.29, 0.717) is 0 Å². The van der Waals surface area contributed by atoms with Crippen molar-refractivity contribution in [2.75, 3.05) is 6.61 Å². The molecule has 0 aliphatic carbocycles. The second-order valence-electron chi connectivity index (χ2n) is 4.50. The molecule has 0 saturated heterocycles. The predicted molar refractivity (Wildman–Crippen MR) is 71.9 cm³/mol. The van der Waals surface area contributed by atoms with Gasteiger partial charge in [0.2, 0.25) is 5.91 Å². The summed E-state index contributed by atoms with van der Waals surface area (Å²) in [6.07, 6.45) is 0.864. The van der Waals surface area contributed by atoms with Gasteiger partial charge in [0.05, 0.1) is 5.92 Å². The molecule has 1 aromatic carbocycles. The average Bonchev–Trinajstić information content (AvgIpc) is 2.39. The Morgan fingerprint density at radius 1 is 1.32 bits per heavy atom. The summed E-state index contributed by atoms with van der Waals surface area (Å²) in [7, 11) is 0. The molecule has 0 radical (unpaired) electrons.